The van der Waals surface area contributed by atoms with Crippen molar-refractivity contribution in [3.05, 3.63) is 11.1 Å². The summed E-state index contributed by atoms with van der Waals surface area (Å²) in [6, 6.07) is 0. The molecule has 1 unspecified atom stereocenters. The number of hydrogen-bond donors (Lipinski definition) is 1. The maximum atomic E-state index is 10.2. The van der Waals surface area contributed by atoms with Crippen LogP contribution in [0, 0.1) is 0 Å². The van der Waals surface area contributed by atoms with Crippen LogP contribution in [-0.2, 0) is 22.3 Å². The van der Waals surface area contributed by atoms with Gasteiger partial charge in [-0.15, -0.1) is 10.2 Å². The van der Waals surface area contributed by atoms with Crippen LogP contribution in [-0.4, -0.2) is 18.0 Å². The lowest BCUT2D eigenvalue weighted by Gasteiger charge is -1.81. The van der Waals surface area contributed by atoms with Crippen LogP contribution in [0.1, 0.15) is 0 Å². The van der Waals surface area contributed by atoms with E-state index < -0.39 is 11.1 Å². The molecule has 0 spiro atoms. The Kier molecular flexibility index (Phi) is 2.20. The molecule has 54 valence electrons. The standard InChI is InChI=1S/C3H2N2O3S2/c6-9-2-1-3(5-4-2)10(7)8/h1H,(H,7,8). The maximum Gasteiger partial charge on any atom is 0.207 e. The molecule has 0 fully saturated rings. The molecule has 7 heteroatoms. The summed E-state index contributed by atoms with van der Waals surface area (Å²) in [7, 11) is 0. The van der Waals surface area contributed by atoms with E-state index in [4.69, 9.17) is 4.55 Å². The van der Waals surface area contributed by atoms with E-state index in [1.54, 1.807) is 0 Å². The first-order valence-corrected chi connectivity index (χ1v) is 4.00. The first-order chi connectivity index (χ1) is 4.74. The molecule has 1 atom stereocenters. The van der Waals surface area contributed by atoms with Crippen molar-refractivity contribution >= 4 is 27.3 Å². The molecule has 0 saturated carbocycles. The van der Waals surface area contributed by atoms with Gasteiger partial charge in [0.1, 0.15) is 11.3 Å². The van der Waals surface area contributed by atoms with E-state index in [0.29, 0.717) is 0 Å². The Morgan fingerprint density at radius 1 is 1.60 bits per heavy atom. The zero-order valence-corrected chi connectivity index (χ0v) is 6.18. The average molecular weight is 178 g/mol. The molecule has 0 aromatic carbocycles. The average Bonchev–Trinajstić information content (AvgIpc) is 2.34. The van der Waals surface area contributed by atoms with E-state index in [-0.39, 0.29) is 21.3 Å². The molecule has 1 aliphatic rings. The van der Waals surface area contributed by atoms with E-state index in [0.717, 1.165) is 0 Å². The van der Waals surface area contributed by atoms with Gasteiger partial charge < -0.3 is 4.55 Å². The molecule has 0 bridgehead atoms. The smallest absolute Gasteiger partial charge is 0.207 e. The van der Waals surface area contributed by atoms with Crippen LogP contribution in [0.4, 0.5) is 0 Å². The minimum atomic E-state index is -2.14. The van der Waals surface area contributed by atoms with E-state index in [1.165, 1.54) is 6.08 Å². The lowest BCUT2D eigenvalue weighted by atomic mass is 10.6. The molecule has 0 amide bonds. The molecular weight excluding hydrogens is 176 g/mol. The summed E-state index contributed by atoms with van der Waals surface area (Å²) >= 11 is -2.00. The van der Waals surface area contributed by atoms with Gasteiger partial charge in [0.2, 0.25) is 11.1 Å². The zero-order valence-electron chi connectivity index (χ0n) is 4.55. The molecule has 0 aromatic heterocycles. The summed E-state index contributed by atoms with van der Waals surface area (Å²) in [5, 5.41) is 6.48. The Morgan fingerprint density at radius 2 is 2.30 bits per heavy atom. The first kappa shape index (κ1) is 7.45. The van der Waals surface area contributed by atoms with Gasteiger partial charge in [-0.2, -0.15) is 0 Å². The highest BCUT2D eigenvalue weighted by atomic mass is 32.2. The summed E-state index contributed by atoms with van der Waals surface area (Å²) in [5.41, 5.74) is 0. The Balaban J connectivity index is 2.98. The third-order valence-corrected chi connectivity index (χ3v) is 1.69. The minimum absolute atomic E-state index is 0.0849. The maximum absolute atomic E-state index is 10.2. The van der Waals surface area contributed by atoms with Crippen molar-refractivity contribution in [1.29, 1.82) is 0 Å². The van der Waals surface area contributed by atoms with Gasteiger partial charge in [0.25, 0.3) is 0 Å². The van der Waals surface area contributed by atoms with Gasteiger partial charge >= 0.3 is 0 Å². The Morgan fingerprint density at radius 3 is 2.60 bits per heavy atom. The summed E-state index contributed by atoms with van der Waals surface area (Å²) in [5.74, 6) is 0. The second kappa shape index (κ2) is 2.95. The minimum Gasteiger partial charge on any atom is -0.301 e. The van der Waals surface area contributed by atoms with Crippen LogP contribution in [0.25, 0.3) is 0 Å². The fourth-order valence-electron chi connectivity index (χ4n) is 0.388. The highest BCUT2D eigenvalue weighted by molar-refractivity contribution is 7.83. The van der Waals surface area contributed by atoms with E-state index in [2.05, 4.69) is 10.2 Å². The first-order valence-electron chi connectivity index (χ1n) is 2.15. The SMILES string of the molecule is O=S=C1C=C(S(=O)O)N=N1. The topological polar surface area (TPSA) is 79.1 Å². The van der Waals surface area contributed by atoms with Gasteiger partial charge in [0, 0.05) is 6.08 Å². The predicted molar refractivity (Wildman–Crippen MR) is 36.9 cm³/mol. The second-order valence-corrected chi connectivity index (χ2v) is 2.85. The monoisotopic (exact) mass is 178 g/mol. The van der Waals surface area contributed by atoms with Crippen molar-refractivity contribution < 1.29 is 13.0 Å². The second-order valence-electron chi connectivity index (χ2n) is 1.35. The molecule has 1 N–H and O–H groups in total. The Hall–Kier alpha value is -0.660. The van der Waals surface area contributed by atoms with Gasteiger partial charge in [-0.3, -0.25) is 0 Å². The molecule has 0 saturated heterocycles. The molecule has 0 aliphatic carbocycles. The molecule has 0 aromatic rings. The van der Waals surface area contributed by atoms with Crippen LogP contribution in [0.3, 0.4) is 0 Å². The van der Waals surface area contributed by atoms with Crippen LogP contribution in [0.15, 0.2) is 21.3 Å². The van der Waals surface area contributed by atoms with Crippen molar-refractivity contribution in [1.82, 2.24) is 0 Å². The van der Waals surface area contributed by atoms with Gasteiger partial charge in [-0.25, -0.2) is 8.42 Å². The number of azo groups is 1. The van der Waals surface area contributed by atoms with Crippen LogP contribution in [0.5, 0.6) is 0 Å². The van der Waals surface area contributed by atoms with Gasteiger partial charge in [-0.1, -0.05) is 0 Å². The van der Waals surface area contributed by atoms with Gasteiger partial charge in [-0.05, 0) is 0 Å². The number of hydrogen-bond acceptors (Lipinski definition) is 3. The molecule has 1 rings (SSSR count). The fraction of sp³-hybridized carbons (Fsp3) is 0. The van der Waals surface area contributed by atoms with Crippen molar-refractivity contribution in [3.63, 3.8) is 0 Å². The zero-order chi connectivity index (χ0) is 7.56. The molecule has 1 aliphatic heterocycles. The van der Waals surface area contributed by atoms with Crippen LogP contribution >= 0.6 is 0 Å². The summed E-state index contributed by atoms with van der Waals surface area (Å²) in [4.78, 5) is 0.109. The summed E-state index contributed by atoms with van der Waals surface area (Å²) in [6.45, 7) is 0. The van der Waals surface area contributed by atoms with E-state index in [1.807, 2.05) is 0 Å². The Labute approximate surface area is 62.2 Å². The van der Waals surface area contributed by atoms with Crippen molar-refractivity contribution in [3.8, 4) is 0 Å². The quantitative estimate of drug-likeness (QED) is 0.448. The normalized spacial score (nSPS) is 18.9. The predicted octanol–water partition coefficient (Wildman–Crippen LogP) is -0.142. The largest absolute Gasteiger partial charge is 0.301 e. The molecule has 1 heterocycles. The van der Waals surface area contributed by atoms with Crippen LogP contribution in [0.2, 0.25) is 0 Å². The summed E-state index contributed by atoms with van der Waals surface area (Å²) in [6.07, 6.45) is 1.17. The third kappa shape index (κ3) is 1.43. The lowest BCUT2D eigenvalue weighted by Crippen LogP contribution is -1.87. The van der Waals surface area contributed by atoms with Crippen molar-refractivity contribution in [2.24, 2.45) is 10.2 Å². The van der Waals surface area contributed by atoms with E-state index >= 15 is 0 Å². The number of rotatable bonds is 1. The lowest BCUT2D eigenvalue weighted by molar-refractivity contribution is 0.570. The van der Waals surface area contributed by atoms with Gasteiger partial charge in [0.15, 0.2) is 10.0 Å². The molecule has 10 heavy (non-hydrogen) atoms. The van der Waals surface area contributed by atoms with Gasteiger partial charge in [0.05, 0.1) is 0 Å². The molecular formula is C3H2N2O3S2. The van der Waals surface area contributed by atoms with E-state index in [9.17, 15) is 8.42 Å². The van der Waals surface area contributed by atoms with Crippen LogP contribution < -0.4 is 0 Å². The fourth-order valence-corrected chi connectivity index (χ4v) is 1.02. The Bertz CT molecular complexity index is 288. The number of nitrogens with zero attached hydrogens (tertiary/aromatic N) is 2. The van der Waals surface area contributed by atoms with Crippen molar-refractivity contribution in [2.75, 3.05) is 0 Å². The van der Waals surface area contributed by atoms with Crippen molar-refractivity contribution in [2.45, 2.75) is 0 Å². The third-order valence-electron chi connectivity index (χ3n) is 0.758. The highest BCUT2D eigenvalue weighted by Crippen LogP contribution is 2.09. The highest BCUT2D eigenvalue weighted by Gasteiger charge is 2.10. The summed E-state index contributed by atoms with van der Waals surface area (Å²) < 4.78 is 28.6. The molecule has 5 nitrogen and oxygen atoms in total. The molecule has 0 radical (unpaired) electrons.